The van der Waals surface area contributed by atoms with Crippen LogP contribution in [0.5, 0.6) is 0 Å². The third-order valence-electron chi connectivity index (χ3n) is 3.32. The van der Waals surface area contributed by atoms with Gasteiger partial charge in [0.05, 0.1) is 10.7 Å². The first-order valence-electron chi connectivity index (χ1n) is 7.12. The fraction of sp³-hybridized carbons (Fsp3) is 0.0625. The first-order valence-corrected chi connectivity index (χ1v) is 8.48. The zero-order valence-corrected chi connectivity index (χ0v) is 14.3. The molecule has 1 heterocycles. The van der Waals surface area contributed by atoms with Crippen molar-refractivity contribution < 1.29 is 9.72 Å². The number of ketones is 1. The number of Topliss-reactive ketones (excluding diaryl/α,β-unsaturated/α-hetero) is 1. The highest BCUT2D eigenvalue weighted by molar-refractivity contribution is 7.99. The fourth-order valence-electron chi connectivity index (χ4n) is 2.03. The molecular weight excluding hydrogens is 364 g/mol. The molecule has 0 amide bonds. The second-order valence-corrected chi connectivity index (χ2v) is 6.37. The van der Waals surface area contributed by atoms with E-state index in [1.54, 1.807) is 12.1 Å². The van der Waals surface area contributed by atoms with Gasteiger partial charge in [0, 0.05) is 28.3 Å². The zero-order valence-electron chi connectivity index (χ0n) is 12.7. The van der Waals surface area contributed by atoms with E-state index in [1.807, 2.05) is 12.1 Å². The van der Waals surface area contributed by atoms with Gasteiger partial charge in [-0.05, 0) is 36.4 Å². The number of nitro groups is 1. The van der Waals surface area contributed by atoms with Crippen molar-refractivity contribution in [2.45, 2.75) is 5.16 Å². The highest BCUT2D eigenvalue weighted by Gasteiger charge is 2.12. The third-order valence-corrected chi connectivity index (χ3v) is 4.41. The summed E-state index contributed by atoms with van der Waals surface area (Å²) in [5.41, 5.74) is 1.20. The van der Waals surface area contributed by atoms with Crippen molar-refractivity contribution in [2.75, 3.05) is 5.75 Å². The predicted molar refractivity (Wildman–Crippen MR) is 95.0 cm³/mol. The normalized spacial score (nSPS) is 10.6. The van der Waals surface area contributed by atoms with E-state index in [4.69, 9.17) is 11.6 Å². The lowest BCUT2D eigenvalue weighted by Gasteiger charge is -1.99. The van der Waals surface area contributed by atoms with Gasteiger partial charge in [-0.3, -0.25) is 20.0 Å². The highest BCUT2D eigenvalue weighted by atomic mass is 35.5. The van der Waals surface area contributed by atoms with Crippen LogP contribution in [-0.4, -0.2) is 31.6 Å². The molecule has 3 aromatic rings. The average Bonchev–Trinajstić information content (AvgIpc) is 3.09. The molecule has 0 aliphatic rings. The Morgan fingerprint density at radius 3 is 2.48 bits per heavy atom. The summed E-state index contributed by atoms with van der Waals surface area (Å²) in [7, 11) is 0. The number of hydrogen-bond acceptors (Lipinski definition) is 6. The van der Waals surface area contributed by atoms with E-state index in [9.17, 15) is 14.9 Å². The number of non-ortho nitro benzene ring substituents is 1. The molecule has 0 saturated carbocycles. The number of H-pyrrole nitrogens is 1. The van der Waals surface area contributed by atoms with Gasteiger partial charge in [0.1, 0.15) is 0 Å². The standard InChI is InChI=1S/C16H11ClN4O3S/c17-12-5-1-11(2-6-12)15-18-16(20-19-15)25-9-14(22)10-3-7-13(8-4-10)21(23)24/h1-8H,9H2,(H,18,19,20). The van der Waals surface area contributed by atoms with Crippen molar-refractivity contribution in [1.82, 2.24) is 15.2 Å². The Labute approximate surface area is 151 Å². The number of aromatic nitrogens is 3. The monoisotopic (exact) mass is 374 g/mol. The zero-order chi connectivity index (χ0) is 17.8. The first-order chi connectivity index (χ1) is 12.0. The molecule has 0 aliphatic heterocycles. The molecule has 0 unspecified atom stereocenters. The third kappa shape index (κ3) is 4.23. The van der Waals surface area contributed by atoms with Gasteiger partial charge < -0.3 is 0 Å². The topological polar surface area (TPSA) is 102 Å². The van der Waals surface area contributed by atoms with Crippen LogP contribution in [0.2, 0.25) is 5.02 Å². The van der Waals surface area contributed by atoms with Crippen LogP contribution in [0.3, 0.4) is 0 Å². The molecule has 0 radical (unpaired) electrons. The van der Waals surface area contributed by atoms with Crippen molar-refractivity contribution in [3.05, 3.63) is 69.2 Å². The number of carbonyl (C=O) groups is 1. The quantitative estimate of drug-likeness (QED) is 0.303. The number of carbonyl (C=O) groups excluding carboxylic acids is 1. The molecule has 0 bridgehead atoms. The summed E-state index contributed by atoms with van der Waals surface area (Å²) in [6.45, 7) is 0. The van der Waals surface area contributed by atoms with Crippen molar-refractivity contribution in [2.24, 2.45) is 0 Å². The number of rotatable bonds is 6. The summed E-state index contributed by atoms with van der Waals surface area (Å²) in [5.74, 6) is 0.565. The largest absolute Gasteiger partial charge is 0.293 e. The van der Waals surface area contributed by atoms with Gasteiger partial charge in [0.2, 0.25) is 5.16 Å². The summed E-state index contributed by atoms with van der Waals surface area (Å²) in [6, 6.07) is 12.6. The minimum absolute atomic E-state index is 0.0502. The van der Waals surface area contributed by atoms with Crippen LogP contribution >= 0.6 is 23.4 Å². The number of nitrogens with one attached hydrogen (secondary N) is 1. The lowest BCUT2D eigenvalue weighted by atomic mass is 10.1. The molecule has 1 aromatic heterocycles. The summed E-state index contributed by atoms with van der Waals surface area (Å²) in [5, 5.41) is 18.6. The predicted octanol–water partition coefficient (Wildman–Crippen LogP) is 4.01. The molecule has 0 aliphatic carbocycles. The molecule has 2 aromatic carbocycles. The Kier molecular flexibility index (Phi) is 5.11. The van der Waals surface area contributed by atoms with Crippen LogP contribution in [-0.2, 0) is 0 Å². The summed E-state index contributed by atoms with van der Waals surface area (Å²) in [4.78, 5) is 26.6. The number of nitro benzene ring substituents is 1. The van der Waals surface area contributed by atoms with E-state index < -0.39 is 4.92 Å². The van der Waals surface area contributed by atoms with E-state index in [-0.39, 0.29) is 17.2 Å². The van der Waals surface area contributed by atoms with E-state index in [0.717, 1.165) is 5.56 Å². The molecule has 0 spiro atoms. The number of thioether (sulfide) groups is 1. The van der Waals surface area contributed by atoms with Gasteiger partial charge in [-0.25, -0.2) is 4.98 Å². The van der Waals surface area contributed by atoms with Crippen LogP contribution in [0.4, 0.5) is 5.69 Å². The summed E-state index contributed by atoms with van der Waals surface area (Å²) in [6.07, 6.45) is 0. The summed E-state index contributed by atoms with van der Waals surface area (Å²) < 4.78 is 0. The van der Waals surface area contributed by atoms with Crippen LogP contribution in [0, 0.1) is 10.1 Å². The van der Waals surface area contributed by atoms with Gasteiger partial charge >= 0.3 is 0 Å². The second-order valence-electron chi connectivity index (χ2n) is 4.99. The Morgan fingerprint density at radius 2 is 1.84 bits per heavy atom. The lowest BCUT2D eigenvalue weighted by Crippen LogP contribution is -2.02. The van der Waals surface area contributed by atoms with E-state index in [2.05, 4.69) is 15.2 Å². The van der Waals surface area contributed by atoms with Gasteiger partial charge in [0.15, 0.2) is 11.6 Å². The van der Waals surface area contributed by atoms with Crippen molar-refractivity contribution in [3.63, 3.8) is 0 Å². The maximum atomic E-state index is 12.1. The van der Waals surface area contributed by atoms with Gasteiger partial charge in [-0.1, -0.05) is 23.4 Å². The minimum Gasteiger partial charge on any atom is -0.293 e. The number of nitrogens with zero attached hydrogens (tertiary/aromatic N) is 3. The Balaban J connectivity index is 1.62. The van der Waals surface area contributed by atoms with Crippen LogP contribution in [0.25, 0.3) is 11.4 Å². The molecule has 0 saturated heterocycles. The molecule has 126 valence electrons. The molecule has 25 heavy (non-hydrogen) atoms. The molecular formula is C16H11ClN4O3S. The Morgan fingerprint density at radius 1 is 1.16 bits per heavy atom. The van der Waals surface area contributed by atoms with E-state index in [0.29, 0.717) is 21.6 Å². The maximum Gasteiger partial charge on any atom is 0.269 e. The van der Waals surface area contributed by atoms with Crippen LogP contribution < -0.4 is 0 Å². The SMILES string of the molecule is O=C(CSc1n[nH]c(-c2ccc(Cl)cc2)n1)c1ccc([N+](=O)[O-])cc1. The minimum atomic E-state index is -0.505. The van der Waals surface area contributed by atoms with Crippen molar-refractivity contribution in [1.29, 1.82) is 0 Å². The molecule has 0 atom stereocenters. The summed E-state index contributed by atoms with van der Waals surface area (Å²) >= 11 is 7.04. The second kappa shape index (κ2) is 7.45. The Hall–Kier alpha value is -2.71. The first kappa shape index (κ1) is 17.1. The number of aromatic amines is 1. The lowest BCUT2D eigenvalue weighted by molar-refractivity contribution is -0.384. The van der Waals surface area contributed by atoms with Crippen LogP contribution in [0.15, 0.2) is 53.7 Å². The molecule has 0 fully saturated rings. The van der Waals surface area contributed by atoms with Crippen molar-refractivity contribution in [3.8, 4) is 11.4 Å². The van der Waals surface area contributed by atoms with E-state index in [1.165, 1.54) is 36.0 Å². The fourth-order valence-corrected chi connectivity index (χ4v) is 2.85. The van der Waals surface area contributed by atoms with E-state index >= 15 is 0 Å². The molecule has 9 heteroatoms. The van der Waals surface area contributed by atoms with Gasteiger partial charge in [-0.2, -0.15) is 0 Å². The number of halogens is 1. The molecule has 1 N–H and O–H groups in total. The smallest absolute Gasteiger partial charge is 0.269 e. The molecule has 7 nitrogen and oxygen atoms in total. The highest BCUT2D eigenvalue weighted by Crippen LogP contribution is 2.22. The average molecular weight is 375 g/mol. The number of benzene rings is 2. The number of hydrogen-bond donors (Lipinski definition) is 1. The van der Waals surface area contributed by atoms with Crippen molar-refractivity contribution >= 4 is 34.8 Å². The van der Waals surface area contributed by atoms with Crippen LogP contribution in [0.1, 0.15) is 10.4 Å². The Bertz CT molecular complexity index is 910. The maximum absolute atomic E-state index is 12.1. The molecule has 3 rings (SSSR count). The van der Waals surface area contributed by atoms with Gasteiger partial charge in [0.25, 0.3) is 5.69 Å². The van der Waals surface area contributed by atoms with Gasteiger partial charge in [-0.15, -0.1) is 5.10 Å².